The highest BCUT2D eigenvalue weighted by molar-refractivity contribution is 7.13. The van der Waals surface area contributed by atoms with Crippen LogP contribution in [-0.2, 0) is 11.3 Å². The summed E-state index contributed by atoms with van der Waals surface area (Å²) in [7, 11) is 4.01. The van der Waals surface area contributed by atoms with Gasteiger partial charge in [0.05, 0.1) is 25.5 Å². The highest BCUT2D eigenvalue weighted by atomic mass is 32.1. The molecule has 2 N–H and O–H groups in total. The SMILES string of the molecule is CCNC(=NCc1csc(N(C)C)n1)NCC(C)N1CCOCC1. The molecule has 7 nitrogen and oxygen atoms in total. The summed E-state index contributed by atoms with van der Waals surface area (Å²) < 4.78 is 5.41. The Morgan fingerprint density at radius 3 is 2.79 bits per heavy atom. The monoisotopic (exact) mass is 354 g/mol. The van der Waals surface area contributed by atoms with Gasteiger partial charge < -0.3 is 20.3 Å². The van der Waals surface area contributed by atoms with Crippen molar-refractivity contribution in [2.45, 2.75) is 26.4 Å². The minimum atomic E-state index is 0.456. The maximum Gasteiger partial charge on any atom is 0.191 e. The van der Waals surface area contributed by atoms with Gasteiger partial charge in [-0.2, -0.15) is 0 Å². The lowest BCUT2D eigenvalue weighted by atomic mass is 10.2. The van der Waals surface area contributed by atoms with Gasteiger partial charge in [-0.25, -0.2) is 9.98 Å². The molecule has 8 heteroatoms. The molecule has 0 spiro atoms. The molecular formula is C16H30N6OS. The Kier molecular flexibility index (Phi) is 7.74. The Morgan fingerprint density at radius 1 is 1.42 bits per heavy atom. The summed E-state index contributed by atoms with van der Waals surface area (Å²) in [6, 6.07) is 0.456. The smallest absolute Gasteiger partial charge is 0.191 e. The first-order valence-electron chi connectivity index (χ1n) is 8.55. The quantitative estimate of drug-likeness (QED) is 0.562. The third kappa shape index (κ3) is 5.92. The zero-order chi connectivity index (χ0) is 17.4. The third-order valence-electron chi connectivity index (χ3n) is 3.90. The van der Waals surface area contributed by atoms with Gasteiger partial charge in [-0.15, -0.1) is 11.3 Å². The molecule has 0 radical (unpaired) electrons. The molecule has 0 amide bonds. The summed E-state index contributed by atoms with van der Waals surface area (Å²) in [5, 5.41) is 9.82. The van der Waals surface area contributed by atoms with Crippen LogP contribution in [0.15, 0.2) is 10.4 Å². The van der Waals surface area contributed by atoms with E-state index >= 15 is 0 Å². The van der Waals surface area contributed by atoms with E-state index in [4.69, 9.17) is 4.74 Å². The lowest BCUT2D eigenvalue weighted by Gasteiger charge is -2.32. The van der Waals surface area contributed by atoms with Crippen LogP contribution in [0, 0.1) is 0 Å². The van der Waals surface area contributed by atoms with Crippen LogP contribution in [0.25, 0.3) is 0 Å². The van der Waals surface area contributed by atoms with E-state index in [0.717, 1.165) is 56.2 Å². The number of aromatic nitrogens is 1. The van der Waals surface area contributed by atoms with Crippen molar-refractivity contribution in [1.29, 1.82) is 0 Å². The normalized spacial score (nSPS) is 17.6. The first-order valence-corrected chi connectivity index (χ1v) is 9.43. The minimum absolute atomic E-state index is 0.456. The van der Waals surface area contributed by atoms with E-state index in [-0.39, 0.29) is 0 Å². The highest BCUT2D eigenvalue weighted by Gasteiger charge is 2.17. The van der Waals surface area contributed by atoms with E-state index in [1.165, 1.54) is 0 Å². The van der Waals surface area contributed by atoms with Crippen molar-refractivity contribution < 1.29 is 4.74 Å². The second kappa shape index (κ2) is 9.80. The third-order valence-corrected chi connectivity index (χ3v) is 4.96. The summed E-state index contributed by atoms with van der Waals surface area (Å²) in [5.41, 5.74) is 1.00. The number of morpholine rings is 1. The number of rotatable bonds is 7. The van der Waals surface area contributed by atoms with Crippen LogP contribution in [0.1, 0.15) is 19.5 Å². The first-order chi connectivity index (χ1) is 11.6. The van der Waals surface area contributed by atoms with E-state index in [1.54, 1.807) is 11.3 Å². The lowest BCUT2D eigenvalue weighted by molar-refractivity contribution is 0.0211. The Hall–Kier alpha value is -1.38. The topological polar surface area (TPSA) is 65.0 Å². The van der Waals surface area contributed by atoms with Gasteiger partial charge in [0.25, 0.3) is 0 Å². The van der Waals surface area contributed by atoms with Gasteiger partial charge in [0.1, 0.15) is 0 Å². The fourth-order valence-electron chi connectivity index (χ4n) is 2.47. The molecule has 1 atom stereocenters. The predicted molar refractivity (Wildman–Crippen MR) is 101 cm³/mol. The van der Waals surface area contributed by atoms with E-state index in [9.17, 15) is 0 Å². The minimum Gasteiger partial charge on any atom is -0.379 e. The van der Waals surface area contributed by atoms with Crippen molar-refractivity contribution in [3.63, 3.8) is 0 Å². The number of aliphatic imine (C=N–C) groups is 1. The fraction of sp³-hybridized carbons (Fsp3) is 0.750. The molecule has 0 aromatic carbocycles. The zero-order valence-electron chi connectivity index (χ0n) is 15.2. The second-order valence-corrected chi connectivity index (χ2v) is 6.93. The van der Waals surface area contributed by atoms with Gasteiger partial charge in [-0.05, 0) is 13.8 Å². The number of hydrogen-bond donors (Lipinski definition) is 2. The van der Waals surface area contributed by atoms with Crippen LogP contribution in [0.4, 0.5) is 5.13 Å². The van der Waals surface area contributed by atoms with Crippen molar-refractivity contribution in [3.05, 3.63) is 11.1 Å². The summed E-state index contributed by atoms with van der Waals surface area (Å²) in [6.45, 7) is 10.3. The molecule has 1 aromatic rings. The number of thiazole rings is 1. The van der Waals surface area contributed by atoms with E-state index in [2.05, 4.69) is 44.7 Å². The molecule has 0 bridgehead atoms. The summed E-state index contributed by atoms with van der Waals surface area (Å²) in [4.78, 5) is 13.7. The van der Waals surface area contributed by atoms with Crippen molar-refractivity contribution in [2.24, 2.45) is 4.99 Å². The molecule has 136 valence electrons. The van der Waals surface area contributed by atoms with Gasteiger partial charge in [0.2, 0.25) is 0 Å². The Balaban J connectivity index is 1.85. The molecule has 1 aliphatic heterocycles. The molecule has 1 aromatic heterocycles. The summed E-state index contributed by atoms with van der Waals surface area (Å²) in [5.74, 6) is 0.844. The standard InChI is InChI=1S/C16H30N6OS/c1-5-17-15(18-10-13(2)22-6-8-23-9-7-22)19-11-14-12-24-16(20-14)21(3)4/h12-13H,5-11H2,1-4H3,(H2,17,18,19). The molecule has 2 rings (SSSR count). The Labute approximate surface area is 149 Å². The highest BCUT2D eigenvalue weighted by Crippen LogP contribution is 2.18. The molecule has 0 saturated carbocycles. The molecule has 1 saturated heterocycles. The first kappa shape index (κ1) is 19.0. The van der Waals surface area contributed by atoms with Gasteiger partial charge >= 0.3 is 0 Å². The van der Waals surface area contributed by atoms with E-state index in [0.29, 0.717) is 12.6 Å². The number of anilines is 1. The van der Waals surface area contributed by atoms with Crippen molar-refractivity contribution in [3.8, 4) is 0 Å². The van der Waals surface area contributed by atoms with Crippen LogP contribution in [0.5, 0.6) is 0 Å². The van der Waals surface area contributed by atoms with Gasteiger partial charge in [0, 0.05) is 51.7 Å². The molecule has 0 aliphatic carbocycles. The van der Waals surface area contributed by atoms with Crippen LogP contribution >= 0.6 is 11.3 Å². The van der Waals surface area contributed by atoms with Crippen molar-refractivity contribution in [2.75, 3.05) is 58.4 Å². The fourth-order valence-corrected chi connectivity index (χ4v) is 3.22. The van der Waals surface area contributed by atoms with Crippen molar-refractivity contribution in [1.82, 2.24) is 20.5 Å². The number of ether oxygens (including phenoxy) is 1. The average molecular weight is 355 g/mol. The number of hydrogen-bond acceptors (Lipinski definition) is 6. The molecule has 24 heavy (non-hydrogen) atoms. The van der Waals surface area contributed by atoms with Crippen molar-refractivity contribution >= 4 is 22.4 Å². The number of nitrogens with zero attached hydrogens (tertiary/aromatic N) is 4. The molecular weight excluding hydrogens is 324 g/mol. The van der Waals surface area contributed by atoms with Crippen LogP contribution in [0.3, 0.4) is 0 Å². The van der Waals surface area contributed by atoms with Crippen LogP contribution in [-0.4, -0.2) is 75.4 Å². The van der Waals surface area contributed by atoms with Crippen LogP contribution < -0.4 is 15.5 Å². The molecule has 1 unspecified atom stereocenters. The van der Waals surface area contributed by atoms with Gasteiger partial charge in [-0.3, -0.25) is 4.90 Å². The molecule has 1 fully saturated rings. The lowest BCUT2D eigenvalue weighted by Crippen LogP contribution is -2.49. The Bertz CT molecular complexity index is 512. The van der Waals surface area contributed by atoms with Gasteiger partial charge in [-0.1, -0.05) is 0 Å². The predicted octanol–water partition coefficient (Wildman–Crippen LogP) is 0.985. The maximum atomic E-state index is 5.41. The average Bonchev–Trinajstić information content (AvgIpc) is 3.07. The summed E-state index contributed by atoms with van der Waals surface area (Å²) in [6.07, 6.45) is 0. The number of nitrogens with one attached hydrogen (secondary N) is 2. The second-order valence-electron chi connectivity index (χ2n) is 6.09. The summed E-state index contributed by atoms with van der Waals surface area (Å²) >= 11 is 1.65. The van der Waals surface area contributed by atoms with Crippen LogP contribution in [0.2, 0.25) is 0 Å². The largest absolute Gasteiger partial charge is 0.379 e. The van der Waals surface area contributed by atoms with Gasteiger partial charge in [0.15, 0.2) is 11.1 Å². The van der Waals surface area contributed by atoms with E-state index in [1.807, 2.05) is 19.0 Å². The number of guanidine groups is 1. The maximum absolute atomic E-state index is 5.41. The molecule has 1 aliphatic rings. The zero-order valence-corrected chi connectivity index (χ0v) is 16.0. The Morgan fingerprint density at radius 2 is 2.17 bits per heavy atom. The van der Waals surface area contributed by atoms with E-state index < -0.39 is 0 Å². The molecule has 2 heterocycles.